The molecule has 15 heavy (non-hydrogen) atoms. The lowest BCUT2D eigenvalue weighted by Gasteiger charge is -1.96. The lowest BCUT2D eigenvalue weighted by atomic mass is 10.1. The second-order valence-corrected chi connectivity index (χ2v) is 3.96. The molecule has 2 aromatic rings. The van der Waals surface area contributed by atoms with E-state index in [9.17, 15) is 0 Å². The van der Waals surface area contributed by atoms with Gasteiger partial charge in [0.25, 0.3) is 0 Å². The number of aromatic nitrogens is 1. The molecular formula is C9H10N4OS. The number of amidine groups is 1. The van der Waals surface area contributed by atoms with Crippen LogP contribution in [-0.4, -0.2) is 15.4 Å². The quantitative estimate of drug-likeness (QED) is 0.233. The maximum Gasteiger partial charge on any atom is 0.145 e. The monoisotopic (exact) mass is 222 g/mol. The molecule has 5 N–H and O–H groups in total. The van der Waals surface area contributed by atoms with Gasteiger partial charge in [0, 0.05) is 11.1 Å². The fourth-order valence-electron chi connectivity index (χ4n) is 1.34. The van der Waals surface area contributed by atoms with Crippen LogP contribution >= 0.6 is 11.5 Å². The van der Waals surface area contributed by atoms with Crippen molar-refractivity contribution in [1.29, 1.82) is 0 Å². The summed E-state index contributed by atoms with van der Waals surface area (Å²) in [5.41, 5.74) is 12.6. The molecule has 0 aliphatic rings. The number of fused-ring (bicyclic) bond motifs is 1. The Morgan fingerprint density at radius 1 is 1.53 bits per heavy atom. The molecule has 0 amide bonds. The number of rotatable bonds is 2. The molecule has 0 unspecified atom stereocenters. The number of nitrogens with two attached hydrogens (primary N) is 2. The summed E-state index contributed by atoms with van der Waals surface area (Å²) < 4.78 is 5.25. The molecule has 5 nitrogen and oxygen atoms in total. The van der Waals surface area contributed by atoms with E-state index in [1.807, 2.05) is 18.2 Å². The first-order valence-electron chi connectivity index (χ1n) is 4.31. The smallest absolute Gasteiger partial charge is 0.145 e. The lowest BCUT2D eigenvalue weighted by Crippen LogP contribution is -2.14. The normalized spacial score (nSPS) is 12.1. The van der Waals surface area contributed by atoms with Crippen molar-refractivity contribution in [2.24, 2.45) is 10.9 Å². The highest BCUT2D eigenvalue weighted by Crippen LogP contribution is 2.25. The summed E-state index contributed by atoms with van der Waals surface area (Å²) in [4.78, 5) is 0. The van der Waals surface area contributed by atoms with Crippen LogP contribution in [0.25, 0.3) is 10.1 Å². The van der Waals surface area contributed by atoms with Crippen molar-refractivity contribution in [2.45, 2.75) is 6.42 Å². The predicted octanol–water partition coefficient (Wildman–Crippen LogP) is 1.17. The van der Waals surface area contributed by atoms with Crippen molar-refractivity contribution in [3.63, 3.8) is 0 Å². The zero-order chi connectivity index (χ0) is 10.8. The summed E-state index contributed by atoms with van der Waals surface area (Å²) in [6, 6.07) is 5.57. The Hall–Kier alpha value is -1.82. The second kappa shape index (κ2) is 3.74. The molecular weight excluding hydrogens is 212 g/mol. The summed E-state index contributed by atoms with van der Waals surface area (Å²) in [5, 5.41) is 12.4. The van der Waals surface area contributed by atoms with Crippen LogP contribution in [0.15, 0.2) is 23.4 Å². The van der Waals surface area contributed by atoms with Gasteiger partial charge < -0.3 is 16.7 Å². The fraction of sp³-hybridized carbons (Fsp3) is 0.111. The van der Waals surface area contributed by atoms with E-state index in [0.717, 1.165) is 15.8 Å². The van der Waals surface area contributed by atoms with E-state index in [1.54, 1.807) is 0 Å². The maximum absolute atomic E-state index is 8.47. The van der Waals surface area contributed by atoms with Crippen molar-refractivity contribution in [3.05, 3.63) is 23.9 Å². The number of nitrogens with zero attached hydrogens (tertiary/aromatic N) is 2. The Morgan fingerprint density at radius 3 is 3.07 bits per heavy atom. The minimum absolute atomic E-state index is 0.152. The number of nitrogen functional groups attached to an aromatic ring is 1. The van der Waals surface area contributed by atoms with Crippen LogP contribution < -0.4 is 11.5 Å². The Labute approximate surface area is 90.2 Å². The Bertz CT molecular complexity index is 520. The number of benzene rings is 1. The lowest BCUT2D eigenvalue weighted by molar-refractivity contribution is 0.317. The van der Waals surface area contributed by atoms with Gasteiger partial charge in [-0.15, -0.1) is 0 Å². The number of hydrogen-bond donors (Lipinski definition) is 3. The Balaban J connectivity index is 2.45. The first kappa shape index (κ1) is 9.72. The first-order valence-corrected chi connectivity index (χ1v) is 5.08. The SMILES string of the molecule is N/C(Cc1nsc2cc(N)ccc12)=N\O. The van der Waals surface area contributed by atoms with Crippen molar-refractivity contribution in [1.82, 2.24) is 4.37 Å². The van der Waals surface area contributed by atoms with Gasteiger partial charge in [-0.25, -0.2) is 0 Å². The van der Waals surface area contributed by atoms with E-state index >= 15 is 0 Å². The van der Waals surface area contributed by atoms with Crippen LogP contribution in [0.4, 0.5) is 5.69 Å². The second-order valence-electron chi connectivity index (χ2n) is 3.15. The van der Waals surface area contributed by atoms with Gasteiger partial charge in [-0.1, -0.05) is 5.16 Å². The largest absolute Gasteiger partial charge is 0.409 e. The minimum Gasteiger partial charge on any atom is -0.409 e. The molecule has 1 aromatic carbocycles. The Morgan fingerprint density at radius 2 is 2.33 bits per heavy atom. The molecule has 0 bridgehead atoms. The molecule has 6 heteroatoms. The molecule has 1 heterocycles. The van der Waals surface area contributed by atoms with Gasteiger partial charge in [-0.3, -0.25) is 0 Å². The number of hydrogen-bond acceptors (Lipinski definition) is 5. The van der Waals surface area contributed by atoms with Crippen LogP contribution in [0.3, 0.4) is 0 Å². The van der Waals surface area contributed by atoms with E-state index in [1.165, 1.54) is 11.5 Å². The average Bonchev–Trinajstić information content (AvgIpc) is 2.60. The molecule has 0 aliphatic carbocycles. The van der Waals surface area contributed by atoms with E-state index in [2.05, 4.69) is 9.53 Å². The van der Waals surface area contributed by atoms with Crippen LogP contribution in [0.1, 0.15) is 5.69 Å². The molecule has 1 aromatic heterocycles. The van der Waals surface area contributed by atoms with E-state index in [-0.39, 0.29) is 5.84 Å². The third kappa shape index (κ3) is 1.84. The summed E-state index contributed by atoms with van der Waals surface area (Å²) in [5.74, 6) is 0.152. The molecule has 0 radical (unpaired) electrons. The van der Waals surface area contributed by atoms with E-state index in [0.29, 0.717) is 12.1 Å². The van der Waals surface area contributed by atoms with Gasteiger partial charge in [0.1, 0.15) is 5.84 Å². The molecule has 0 atom stereocenters. The van der Waals surface area contributed by atoms with Gasteiger partial charge >= 0.3 is 0 Å². The summed E-state index contributed by atoms with van der Waals surface area (Å²) in [6.45, 7) is 0. The fourth-order valence-corrected chi connectivity index (χ4v) is 2.19. The molecule has 0 saturated heterocycles. The van der Waals surface area contributed by atoms with Gasteiger partial charge in [0.2, 0.25) is 0 Å². The highest BCUT2D eigenvalue weighted by molar-refractivity contribution is 7.13. The van der Waals surface area contributed by atoms with Crippen molar-refractivity contribution >= 4 is 33.1 Å². The summed E-state index contributed by atoms with van der Waals surface area (Å²) >= 11 is 1.36. The van der Waals surface area contributed by atoms with Gasteiger partial charge in [-0.05, 0) is 29.7 Å². The molecule has 2 rings (SSSR count). The van der Waals surface area contributed by atoms with Crippen LogP contribution in [0.5, 0.6) is 0 Å². The van der Waals surface area contributed by atoms with Crippen molar-refractivity contribution in [3.8, 4) is 0 Å². The zero-order valence-electron chi connectivity index (χ0n) is 7.84. The van der Waals surface area contributed by atoms with Crippen LogP contribution in [-0.2, 0) is 6.42 Å². The third-order valence-electron chi connectivity index (χ3n) is 2.05. The van der Waals surface area contributed by atoms with Crippen LogP contribution in [0.2, 0.25) is 0 Å². The highest BCUT2D eigenvalue weighted by atomic mass is 32.1. The van der Waals surface area contributed by atoms with E-state index in [4.69, 9.17) is 16.7 Å². The standard InChI is InChI=1S/C9H10N4OS/c10-5-1-2-6-7(4-9(11)12-14)13-15-8(6)3-5/h1-3,14H,4,10H2,(H2,11,12). The predicted molar refractivity (Wildman–Crippen MR) is 61.1 cm³/mol. The molecule has 0 aliphatic heterocycles. The third-order valence-corrected chi connectivity index (χ3v) is 2.89. The van der Waals surface area contributed by atoms with E-state index < -0.39 is 0 Å². The van der Waals surface area contributed by atoms with Gasteiger partial charge in [-0.2, -0.15) is 4.37 Å². The Kier molecular flexibility index (Phi) is 2.42. The van der Waals surface area contributed by atoms with Crippen LogP contribution in [0, 0.1) is 0 Å². The summed E-state index contributed by atoms with van der Waals surface area (Å²) in [6.07, 6.45) is 0.348. The molecule has 0 fully saturated rings. The number of anilines is 1. The molecule has 0 saturated carbocycles. The van der Waals surface area contributed by atoms with Gasteiger partial charge in [0.05, 0.1) is 16.8 Å². The van der Waals surface area contributed by atoms with Gasteiger partial charge in [0.15, 0.2) is 0 Å². The molecule has 78 valence electrons. The average molecular weight is 222 g/mol. The minimum atomic E-state index is 0.152. The molecule has 0 spiro atoms. The first-order chi connectivity index (χ1) is 7.20. The topological polar surface area (TPSA) is 97.5 Å². The highest BCUT2D eigenvalue weighted by Gasteiger charge is 2.07. The maximum atomic E-state index is 8.47. The zero-order valence-corrected chi connectivity index (χ0v) is 8.66. The van der Waals surface area contributed by atoms with Crippen molar-refractivity contribution < 1.29 is 5.21 Å². The number of oxime groups is 1. The summed E-state index contributed by atoms with van der Waals surface area (Å²) in [7, 11) is 0. The van der Waals surface area contributed by atoms with Crippen molar-refractivity contribution in [2.75, 3.05) is 5.73 Å².